The Balaban J connectivity index is 2.65. The van der Waals surface area contributed by atoms with Gasteiger partial charge in [0.15, 0.2) is 0 Å². The lowest BCUT2D eigenvalue weighted by atomic mass is 10.3. The van der Waals surface area contributed by atoms with Crippen LogP contribution in [0, 0.1) is 0 Å². The van der Waals surface area contributed by atoms with Crippen molar-refractivity contribution in [2.75, 3.05) is 5.43 Å². The highest BCUT2D eigenvalue weighted by Crippen LogP contribution is 2.13. The molecule has 0 amide bonds. The molecule has 72 valence electrons. The first-order valence-electron chi connectivity index (χ1n) is 3.23. The van der Waals surface area contributed by atoms with Gasteiger partial charge in [0.1, 0.15) is 0 Å². The van der Waals surface area contributed by atoms with Gasteiger partial charge < -0.3 is 5.43 Å². The number of rotatable bonds is 3. The van der Waals surface area contributed by atoms with Crippen molar-refractivity contribution in [3.63, 3.8) is 0 Å². The summed E-state index contributed by atoms with van der Waals surface area (Å²) in [5.74, 6) is 0. The average Bonchev–Trinajstić information content (AvgIpc) is 2.00. The summed E-state index contributed by atoms with van der Waals surface area (Å²) >= 11 is 5.62. The number of hydrogen-bond acceptors (Lipinski definition) is 3. The second kappa shape index (κ2) is 3.93. The fraction of sp³-hybridized carbons (Fsp3) is 0. The smallest absolute Gasteiger partial charge is 0.306 e. The molecule has 0 heterocycles. The summed E-state index contributed by atoms with van der Waals surface area (Å²) in [6.45, 7) is 0. The van der Waals surface area contributed by atoms with Crippen LogP contribution in [-0.2, 0) is 10.3 Å². The van der Waals surface area contributed by atoms with Crippen LogP contribution in [0.5, 0.6) is 0 Å². The van der Waals surface area contributed by atoms with E-state index < -0.39 is 10.3 Å². The molecule has 0 aromatic heterocycles. The quantitative estimate of drug-likeness (QED) is 0.528. The van der Waals surface area contributed by atoms with Crippen molar-refractivity contribution in [1.29, 1.82) is 0 Å². The molecule has 0 aliphatic heterocycles. The van der Waals surface area contributed by atoms with Gasteiger partial charge in [0, 0.05) is 5.02 Å². The molecule has 0 bridgehead atoms. The fourth-order valence-electron chi connectivity index (χ4n) is 0.690. The van der Waals surface area contributed by atoms with E-state index in [1.54, 1.807) is 23.0 Å². The second-order valence-electron chi connectivity index (χ2n) is 2.21. The van der Waals surface area contributed by atoms with Crippen LogP contribution < -0.4 is 10.3 Å². The molecule has 1 rings (SSSR count). The van der Waals surface area contributed by atoms with Gasteiger partial charge in [-0.25, -0.2) is 0 Å². The fourth-order valence-corrected chi connectivity index (χ4v) is 1.13. The molecule has 13 heavy (non-hydrogen) atoms. The maximum Gasteiger partial charge on any atom is 0.350 e. The highest BCUT2D eigenvalue weighted by atomic mass is 35.5. The summed E-state index contributed by atoms with van der Waals surface area (Å²) < 4.78 is 28.8. The molecule has 0 aliphatic rings. The zero-order chi connectivity index (χ0) is 9.90. The molecule has 0 spiro atoms. The van der Waals surface area contributed by atoms with E-state index in [1.807, 2.05) is 0 Å². The summed E-state index contributed by atoms with van der Waals surface area (Å²) in [5.41, 5.74) is 2.69. The first-order valence-corrected chi connectivity index (χ1v) is 5.05. The van der Waals surface area contributed by atoms with Gasteiger partial charge in [-0.3, -0.25) is 4.55 Å². The molecule has 1 aromatic carbocycles. The third kappa shape index (κ3) is 4.09. The molecule has 0 radical (unpaired) electrons. The van der Waals surface area contributed by atoms with Crippen LogP contribution in [0.15, 0.2) is 24.3 Å². The third-order valence-corrected chi connectivity index (χ3v) is 1.74. The van der Waals surface area contributed by atoms with Crippen LogP contribution in [0.1, 0.15) is 0 Å². The SMILES string of the molecule is O=S(=O)(O)NNc1cccc(Cl)c1. The van der Waals surface area contributed by atoms with E-state index in [0.717, 1.165) is 0 Å². The average molecular weight is 223 g/mol. The zero-order valence-electron chi connectivity index (χ0n) is 6.36. The van der Waals surface area contributed by atoms with Crippen LogP contribution >= 0.6 is 11.6 Å². The molecule has 0 saturated heterocycles. The van der Waals surface area contributed by atoms with E-state index in [4.69, 9.17) is 16.2 Å². The Morgan fingerprint density at radius 2 is 2.08 bits per heavy atom. The van der Waals surface area contributed by atoms with E-state index in [1.165, 1.54) is 6.07 Å². The lowest BCUT2D eigenvalue weighted by molar-refractivity contribution is 0.473. The third-order valence-electron chi connectivity index (χ3n) is 1.15. The first kappa shape index (κ1) is 10.3. The first-order chi connectivity index (χ1) is 5.97. The molecule has 1 aromatic rings. The molecule has 0 saturated carbocycles. The van der Waals surface area contributed by atoms with E-state index in [0.29, 0.717) is 10.7 Å². The summed E-state index contributed by atoms with van der Waals surface area (Å²) in [4.78, 5) is 1.68. The van der Waals surface area contributed by atoms with Crippen molar-refractivity contribution >= 4 is 27.6 Å². The lowest BCUT2D eigenvalue weighted by Crippen LogP contribution is -2.28. The van der Waals surface area contributed by atoms with E-state index in [-0.39, 0.29) is 0 Å². The van der Waals surface area contributed by atoms with Crippen molar-refractivity contribution < 1.29 is 13.0 Å². The van der Waals surface area contributed by atoms with Crippen LogP contribution in [-0.4, -0.2) is 13.0 Å². The van der Waals surface area contributed by atoms with Gasteiger partial charge in [-0.15, -0.1) is 4.83 Å². The number of anilines is 1. The Bertz CT molecular complexity index is 393. The number of nitrogens with one attached hydrogen (secondary N) is 2. The molecule has 0 unspecified atom stereocenters. The van der Waals surface area contributed by atoms with Crippen molar-refractivity contribution in [2.24, 2.45) is 0 Å². The topological polar surface area (TPSA) is 78.4 Å². The summed E-state index contributed by atoms with van der Waals surface area (Å²) in [6, 6.07) is 6.36. The van der Waals surface area contributed by atoms with Crippen LogP contribution in [0.2, 0.25) is 5.02 Å². The van der Waals surface area contributed by atoms with Gasteiger partial charge in [0.25, 0.3) is 0 Å². The van der Waals surface area contributed by atoms with Crippen LogP contribution in [0.25, 0.3) is 0 Å². The minimum absolute atomic E-state index is 0.435. The highest BCUT2D eigenvalue weighted by molar-refractivity contribution is 7.83. The van der Waals surface area contributed by atoms with E-state index in [2.05, 4.69) is 5.43 Å². The standard InChI is InChI=1S/C6H7ClN2O3S/c7-5-2-1-3-6(4-5)8-9-13(10,11)12/h1-4,8-9H,(H,10,11,12). The van der Waals surface area contributed by atoms with Gasteiger partial charge in [-0.1, -0.05) is 17.7 Å². The number of hydrogen-bond donors (Lipinski definition) is 3. The minimum atomic E-state index is -4.24. The van der Waals surface area contributed by atoms with E-state index in [9.17, 15) is 8.42 Å². The Morgan fingerprint density at radius 1 is 1.38 bits per heavy atom. The van der Waals surface area contributed by atoms with Crippen molar-refractivity contribution in [3.05, 3.63) is 29.3 Å². The summed E-state index contributed by atoms with van der Waals surface area (Å²) in [7, 11) is -4.24. The molecule has 0 aliphatic carbocycles. The molecule has 5 nitrogen and oxygen atoms in total. The normalized spacial score (nSPS) is 11.2. The molecular formula is C6H7ClN2O3S. The maximum atomic E-state index is 10.2. The lowest BCUT2D eigenvalue weighted by Gasteiger charge is -2.04. The van der Waals surface area contributed by atoms with Crippen LogP contribution in [0.3, 0.4) is 0 Å². The Hall–Kier alpha value is -0.820. The molecule has 0 fully saturated rings. The zero-order valence-corrected chi connectivity index (χ0v) is 7.93. The number of halogens is 1. The number of hydrazine groups is 1. The van der Waals surface area contributed by atoms with Gasteiger partial charge in [-0.2, -0.15) is 8.42 Å². The number of benzene rings is 1. The molecule has 7 heteroatoms. The predicted octanol–water partition coefficient (Wildman–Crippen LogP) is 1.06. The predicted molar refractivity (Wildman–Crippen MR) is 49.8 cm³/mol. The highest BCUT2D eigenvalue weighted by Gasteiger charge is 2.01. The van der Waals surface area contributed by atoms with Crippen LogP contribution in [0.4, 0.5) is 5.69 Å². The van der Waals surface area contributed by atoms with Gasteiger partial charge >= 0.3 is 10.3 Å². The van der Waals surface area contributed by atoms with Crippen molar-refractivity contribution in [1.82, 2.24) is 4.83 Å². The Labute approximate surface area is 80.6 Å². The van der Waals surface area contributed by atoms with E-state index >= 15 is 0 Å². The summed E-state index contributed by atoms with van der Waals surface area (Å²) in [5, 5.41) is 0.460. The van der Waals surface area contributed by atoms with Crippen molar-refractivity contribution in [2.45, 2.75) is 0 Å². The molecule has 3 N–H and O–H groups in total. The Kier molecular flexibility index (Phi) is 3.10. The van der Waals surface area contributed by atoms with Gasteiger partial charge in [-0.05, 0) is 18.2 Å². The summed E-state index contributed by atoms with van der Waals surface area (Å²) in [6.07, 6.45) is 0. The largest absolute Gasteiger partial charge is 0.350 e. The maximum absolute atomic E-state index is 10.2. The molecular weight excluding hydrogens is 216 g/mol. The van der Waals surface area contributed by atoms with Gasteiger partial charge in [0.2, 0.25) is 0 Å². The Morgan fingerprint density at radius 3 is 2.62 bits per heavy atom. The minimum Gasteiger partial charge on any atom is -0.306 e. The van der Waals surface area contributed by atoms with Crippen molar-refractivity contribution in [3.8, 4) is 0 Å². The second-order valence-corrected chi connectivity index (χ2v) is 3.80. The van der Waals surface area contributed by atoms with Gasteiger partial charge in [0.05, 0.1) is 5.69 Å². The monoisotopic (exact) mass is 222 g/mol. The molecule has 0 atom stereocenters.